The maximum atomic E-state index is 10.5. The van der Waals surface area contributed by atoms with Gasteiger partial charge in [0, 0.05) is 14.7 Å². The molecule has 0 amide bonds. The Morgan fingerprint density at radius 3 is 2.72 bits per heavy atom. The van der Waals surface area contributed by atoms with E-state index in [2.05, 4.69) is 33.4 Å². The Hall–Kier alpha value is -1.16. The molecule has 0 bridgehead atoms. The predicted octanol–water partition coefficient (Wildman–Crippen LogP) is 4.75. The number of fused-ring (bicyclic) bond motifs is 1. The summed E-state index contributed by atoms with van der Waals surface area (Å²) in [7, 11) is 0. The van der Waals surface area contributed by atoms with Crippen LogP contribution in [0.3, 0.4) is 0 Å². The molecule has 3 aromatic rings. The fourth-order valence-electron chi connectivity index (χ4n) is 2.09. The van der Waals surface area contributed by atoms with Gasteiger partial charge < -0.3 is 5.11 Å². The number of hydrogen-bond donors (Lipinski definition) is 1. The number of thiophene rings is 1. The molecule has 1 heterocycles. The number of aliphatic hydroxyl groups is 1. The van der Waals surface area contributed by atoms with Crippen LogP contribution in [0.15, 0.2) is 58.4 Å². The second kappa shape index (κ2) is 4.84. The van der Waals surface area contributed by atoms with Gasteiger partial charge in [-0.25, -0.2) is 0 Å². The topological polar surface area (TPSA) is 20.2 Å². The fraction of sp³-hybridized carbons (Fsp3) is 0.0667. The molecular formula is C15H11BrOS. The lowest BCUT2D eigenvalue weighted by Gasteiger charge is -2.12. The number of rotatable bonds is 2. The van der Waals surface area contributed by atoms with E-state index in [0.29, 0.717) is 0 Å². The predicted molar refractivity (Wildman–Crippen MR) is 80.0 cm³/mol. The van der Waals surface area contributed by atoms with Crippen LogP contribution in [0, 0.1) is 0 Å². The minimum Gasteiger partial charge on any atom is -0.384 e. The highest BCUT2D eigenvalue weighted by Gasteiger charge is 2.14. The summed E-state index contributed by atoms with van der Waals surface area (Å²) in [5, 5.41) is 13.8. The monoisotopic (exact) mass is 318 g/mol. The van der Waals surface area contributed by atoms with Gasteiger partial charge in [-0.2, -0.15) is 0 Å². The van der Waals surface area contributed by atoms with E-state index in [1.54, 1.807) is 11.3 Å². The molecule has 18 heavy (non-hydrogen) atoms. The molecule has 1 atom stereocenters. The van der Waals surface area contributed by atoms with Gasteiger partial charge >= 0.3 is 0 Å². The van der Waals surface area contributed by atoms with E-state index in [4.69, 9.17) is 0 Å². The third-order valence-corrected chi connectivity index (χ3v) is 4.44. The Morgan fingerprint density at radius 1 is 1.06 bits per heavy atom. The van der Waals surface area contributed by atoms with E-state index in [1.807, 2.05) is 36.4 Å². The van der Waals surface area contributed by atoms with Gasteiger partial charge in [-0.05, 0) is 34.5 Å². The average molecular weight is 319 g/mol. The number of aliphatic hydroxyl groups excluding tert-OH is 1. The van der Waals surface area contributed by atoms with E-state index in [9.17, 15) is 5.11 Å². The van der Waals surface area contributed by atoms with Crippen molar-refractivity contribution in [2.75, 3.05) is 0 Å². The van der Waals surface area contributed by atoms with Gasteiger partial charge in [-0.3, -0.25) is 0 Å². The van der Waals surface area contributed by atoms with Crippen molar-refractivity contribution in [2.45, 2.75) is 6.10 Å². The van der Waals surface area contributed by atoms with Crippen LogP contribution in [0.4, 0.5) is 0 Å². The molecule has 0 fully saturated rings. The summed E-state index contributed by atoms with van der Waals surface area (Å²) in [5.41, 5.74) is 1.88. The molecule has 0 aliphatic rings. The Bertz CT molecular complexity index is 690. The first-order valence-corrected chi connectivity index (χ1v) is 7.32. The van der Waals surface area contributed by atoms with Crippen molar-refractivity contribution < 1.29 is 5.11 Å². The molecule has 3 rings (SSSR count). The van der Waals surface area contributed by atoms with E-state index < -0.39 is 6.10 Å². The SMILES string of the molecule is OC(c1cccc(Br)c1)c1cccc2ccsc12. The van der Waals surface area contributed by atoms with Crippen LogP contribution in [0.25, 0.3) is 10.1 Å². The first kappa shape index (κ1) is 11.9. The minimum atomic E-state index is -0.579. The van der Waals surface area contributed by atoms with Gasteiger partial charge in [0.25, 0.3) is 0 Å². The molecule has 0 saturated carbocycles. The molecule has 0 spiro atoms. The van der Waals surface area contributed by atoms with Gasteiger partial charge in [0.1, 0.15) is 6.10 Å². The van der Waals surface area contributed by atoms with Crippen LogP contribution in [-0.2, 0) is 0 Å². The molecule has 0 radical (unpaired) electrons. The zero-order chi connectivity index (χ0) is 12.5. The van der Waals surface area contributed by atoms with Crippen molar-refractivity contribution in [2.24, 2.45) is 0 Å². The number of halogens is 1. The largest absolute Gasteiger partial charge is 0.384 e. The lowest BCUT2D eigenvalue weighted by molar-refractivity contribution is 0.222. The molecule has 1 N–H and O–H groups in total. The molecule has 1 nitrogen and oxygen atoms in total. The first-order chi connectivity index (χ1) is 8.75. The standard InChI is InChI=1S/C15H11BrOS/c16-12-5-1-4-11(9-12)14(17)13-6-2-3-10-7-8-18-15(10)13/h1-9,14,17H. The molecule has 3 heteroatoms. The summed E-state index contributed by atoms with van der Waals surface area (Å²) < 4.78 is 2.14. The molecule has 0 saturated heterocycles. The molecule has 1 aromatic heterocycles. The zero-order valence-electron chi connectivity index (χ0n) is 9.51. The molecule has 90 valence electrons. The Morgan fingerprint density at radius 2 is 1.89 bits per heavy atom. The lowest BCUT2D eigenvalue weighted by atomic mass is 10.0. The second-order valence-corrected chi connectivity index (χ2v) is 5.98. The van der Waals surface area contributed by atoms with E-state index >= 15 is 0 Å². The summed E-state index contributed by atoms with van der Waals surface area (Å²) in [6.45, 7) is 0. The summed E-state index contributed by atoms with van der Waals surface area (Å²) in [6, 6.07) is 15.9. The van der Waals surface area contributed by atoms with Crippen LogP contribution in [-0.4, -0.2) is 5.11 Å². The normalized spacial score (nSPS) is 12.8. The summed E-state index contributed by atoms with van der Waals surface area (Å²) in [4.78, 5) is 0. The summed E-state index contributed by atoms with van der Waals surface area (Å²) in [6.07, 6.45) is -0.579. The lowest BCUT2D eigenvalue weighted by Crippen LogP contribution is -1.99. The highest BCUT2D eigenvalue weighted by Crippen LogP contribution is 2.32. The molecular weight excluding hydrogens is 308 g/mol. The number of hydrogen-bond acceptors (Lipinski definition) is 2. The van der Waals surface area contributed by atoms with Crippen molar-refractivity contribution in [1.82, 2.24) is 0 Å². The van der Waals surface area contributed by atoms with Crippen molar-refractivity contribution in [3.8, 4) is 0 Å². The second-order valence-electron chi connectivity index (χ2n) is 4.14. The van der Waals surface area contributed by atoms with Crippen LogP contribution in [0.1, 0.15) is 17.2 Å². The van der Waals surface area contributed by atoms with Gasteiger partial charge in [0.05, 0.1) is 0 Å². The minimum absolute atomic E-state index is 0.579. The first-order valence-electron chi connectivity index (χ1n) is 5.65. The highest BCUT2D eigenvalue weighted by molar-refractivity contribution is 9.10. The van der Waals surface area contributed by atoms with Crippen LogP contribution in [0.5, 0.6) is 0 Å². The Balaban J connectivity index is 2.12. The molecule has 0 aliphatic heterocycles. The van der Waals surface area contributed by atoms with Crippen LogP contribution < -0.4 is 0 Å². The van der Waals surface area contributed by atoms with Gasteiger partial charge in [0.15, 0.2) is 0 Å². The van der Waals surface area contributed by atoms with Crippen molar-refractivity contribution in [1.29, 1.82) is 0 Å². The molecule has 0 aliphatic carbocycles. The maximum Gasteiger partial charge on any atom is 0.105 e. The smallest absolute Gasteiger partial charge is 0.105 e. The van der Waals surface area contributed by atoms with Crippen LogP contribution in [0.2, 0.25) is 0 Å². The summed E-state index contributed by atoms with van der Waals surface area (Å²) in [5.74, 6) is 0. The van der Waals surface area contributed by atoms with E-state index in [-0.39, 0.29) is 0 Å². The third kappa shape index (κ3) is 2.09. The van der Waals surface area contributed by atoms with Gasteiger partial charge in [0.2, 0.25) is 0 Å². The quantitative estimate of drug-likeness (QED) is 0.723. The van der Waals surface area contributed by atoms with Gasteiger partial charge in [-0.15, -0.1) is 11.3 Å². The zero-order valence-corrected chi connectivity index (χ0v) is 11.9. The van der Waals surface area contributed by atoms with Gasteiger partial charge in [-0.1, -0.05) is 46.3 Å². The van der Waals surface area contributed by atoms with Crippen molar-refractivity contribution in [3.05, 3.63) is 69.5 Å². The van der Waals surface area contributed by atoms with Crippen molar-refractivity contribution >= 4 is 37.4 Å². The maximum absolute atomic E-state index is 10.5. The third-order valence-electron chi connectivity index (χ3n) is 2.97. The Labute approximate surface area is 118 Å². The van der Waals surface area contributed by atoms with E-state index in [0.717, 1.165) is 20.3 Å². The molecule has 1 unspecified atom stereocenters. The molecule has 2 aromatic carbocycles. The highest BCUT2D eigenvalue weighted by atomic mass is 79.9. The van der Waals surface area contributed by atoms with E-state index in [1.165, 1.54) is 5.39 Å². The average Bonchev–Trinajstić information content (AvgIpc) is 2.86. The summed E-state index contributed by atoms with van der Waals surface area (Å²) >= 11 is 5.11. The Kier molecular flexibility index (Phi) is 3.20. The van der Waals surface area contributed by atoms with Crippen LogP contribution >= 0.6 is 27.3 Å². The number of benzene rings is 2. The fourth-order valence-corrected chi connectivity index (χ4v) is 3.44. The van der Waals surface area contributed by atoms with Crippen molar-refractivity contribution in [3.63, 3.8) is 0 Å².